The first kappa shape index (κ1) is 19.7. The molecule has 0 aliphatic carbocycles. The second-order valence-corrected chi connectivity index (χ2v) is 8.17. The molecule has 4 aromatic rings. The number of hydrogen-bond acceptors (Lipinski definition) is 5. The Labute approximate surface area is 175 Å². The van der Waals surface area contributed by atoms with E-state index in [0.29, 0.717) is 35.3 Å². The first-order chi connectivity index (χ1) is 14.5. The van der Waals surface area contributed by atoms with Gasteiger partial charge in [-0.2, -0.15) is 0 Å². The SMILES string of the molecule is CCOc1ccc(NS(=O)(=O)c2ccc(-c3ncc(-c4ccccc4)o3)cc2)cc1. The quantitative estimate of drug-likeness (QED) is 0.444. The fourth-order valence-corrected chi connectivity index (χ4v) is 3.98. The summed E-state index contributed by atoms with van der Waals surface area (Å²) in [5.41, 5.74) is 2.08. The van der Waals surface area contributed by atoms with Crippen molar-refractivity contribution in [2.24, 2.45) is 0 Å². The number of aromatic nitrogens is 1. The minimum absolute atomic E-state index is 0.148. The van der Waals surface area contributed by atoms with Gasteiger partial charge in [-0.3, -0.25) is 4.72 Å². The van der Waals surface area contributed by atoms with Gasteiger partial charge in [0.25, 0.3) is 10.0 Å². The van der Waals surface area contributed by atoms with E-state index in [1.165, 1.54) is 12.1 Å². The molecule has 152 valence electrons. The Morgan fingerprint density at radius 3 is 2.27 bits per heavy atom. The van der Waals surface area contributed by atoms with Crippen molar-refractivity contribution >= 4 is 15.7 Å². The topological polar surface area (TPSA) is 81.4 Å². The maximum atomic E-state index is 12.7. The Kier molecular flexibility index (Phi) is 5.54. The van der Waals surface area contributed by atoms with Gasteiger partial charge in [-0.05, 0) is 55.5 Å². The van der Waals surface area contributed by atoms with Gasteiger partial charge in [0.05, 0.1) is 17.7 Å². The van der Waals surface area contributed by atoms with Crippen LogP contribution in [0, 0.1) is 0 Å². The molecule has 0 atom stereocenters. The molecule has 1 heterocycles. The number of hydrogen-bond donors (Lipinski definition) is 1. The van der Waals surface area contributed by atoms with Gasteiger partial charge in [-0.1, -0.05) is 30.3 Å². The molecule has 0 saturated heterocycles. The monoisotopic (exact) mass is 420 g/mol. The van der Waals surface area contributed by atoms with Crippen molar-refractivity contribution in [3.63, 3.8) is 0 Å². The van der Waals surface area contributed by atoms with E-state index in [2.05, 4.69) is 9.71 Å². The molecule has 30 heavy (non-hydrogen) atoms. The van der Waals surface area contributed by atoms with Gasteiger partial charge in [0.15, 0.2) is 5.76 Å². The average molecular weight is 420 g/mol. The predicted octanol–water partition coefficient (Wildman–Crippen LogP) is 5.21. The molecule has 3 aromatic carbocycles. The van der Waals surface area contributed by atoms with Crippen molar-refractivity contribution in [2.75, 3.05) is 11.3 Å². The standard InChI is InChI=1S/C23H20N2O4S/c1-2-28-20-12-10-19(11-13-20)25-30(26,27)21-14-8-18(9-15-21)23-24-16-22(29-23)17-6-4-3-5-7-17/h3-16,25H,2H2,1H3. The zero-order chi connectivity index (χ0) is 21.0. The van der Waals surface area contributed by atoms with Crippen molar-refractivity contribution in [3.05, 3.63) is 85.1 Å². The van der Waals surface area contributed by atoms with E-state index >= 15 is 0 Å². The van der Waals surface area contributed by atoms with Gasteiger partial charge in [-0.25, -0.2) is 13.4 Å². The molecule has 0 amide bonds. The summed E-state index contributed by atoms with van der Waals surface area (Å²) in [6, 6.07) is 22.8. The van der Waals surface area contributed by atoms with E-state index < -0.39 is 10.0 Å². The van der Waals surface area contributed by atoms with Crippen molar-refractivity contribution in [1.29, 1.82) is 0 Å². The van der Waals surface area contributed by atoms with E-state index in [-0.39, 0.29) is 4.90 Å². The third-order valence-corrected chi connectivity index (χ3v) is 5.79. The van der Waals surface area contributed by atoms with Crippen LogP contribution in [0.15, 0.2) is 94.4 Å². The Morgan fingerprint density at radius 1 is 0.900 bits per heavy atom. The lowest BCUT2D eigenvalue weighted by Crippen LogP contribution is -2.12. The molecule has 0 aliphatic rings. The lowest BCUT2D eigenvalue weighted by Gasteiger charge is -2.09. The van der Waals surface area contributed by atoms with Crippen molar-refractivity contribution in [3.8, 4) is 28.5 Å². The Morgan fingerprint density at radius 2 is 1.60 bits per heavy atom. The molecule has 0 fully saturated rings. The normalized spacial score (nSPS) is 11.2. The molecule has 4 rings (SSSR count). The number of nitrogens with zero attached hydrogens (tertiary/aromatic N) is 1. The van der Waals surface area contributed by atoms with Gasteiger partial charge in [-0.15, -0.1) is 0 Å². The van der Waals surface area contributed by atoms with Crippen LogP contribution in [0.2, 0.25) is 0 Å². The summed E-state index contributed by atoms with van der Waals surface area (Å²) in [6.07, 6.45) is 1.66. The van der Waals surface area contributed by atoms with Crippen molar-refractivity contribution < 1.29 is 17.6 Å². The maximum absolute atomic E-state index is 12.7. The number of rotatable bonds is 7. The molecule has 7 heteroatoms. The summed E-state index contributed by atoms with van der Waals surface area (Å²) in [6.45, 7) is 2.44. The van der Waals surface area contributed by atoms with Crippen molar-refractivity contribution in [2.45, 2.75) is 11.8 Å². The summed E-state index contributed by atoms with van der Waals surface area (Å²) in [5.74, 6) is 1.77. The fourth-order valence-electron chi connectivity index (χ4n) is 2.92. The maximum Gasteiger partial charge on any atom is 0.261 e. The molecule has 6 nitrogen and oxygen atoms in total. The molecule has 0 spiro atoms. The van der Waals surface area contributed by atoms with Gasteiger partial charge < -0.3 is 9.15 Å². The first-order valence-corrected chi connectivity index (χ1v) is 10.9. The molecule has 0 unspecified atom stereocenters. The molecule has 1 aromatic heterocycles. The van der Waals surface area contributed by atoms with E-state index in [9.17, 15) is 8.42 Å². The minimum Gasteiger partial charge on any atom is -0.494 e. The highest BCUT2D eigenvalue weighted by Crippen LogP contribution is 2.27. The number of nitrogens with one attached hydrogen (secondary N) is 1. The van der Waals surface area contributed by atoms with Crippen LogP contribution >= 0.6 is 0 Å². The molecule has 0 bridgehead atoms. The predicted molar refractivity (Wildman–Crippen MR) is 116 cm³/mol. The second-order valence-electron chi connectivity index (χ2n) is 6.48. The lowest BCUT2D eigenvalue weighted by molar-refractivity contribution is 0.340. The Bertz CT molecular complexity index is 1220. The highest BCUT2D eigenvalue weighted by atomic mass is 32.2. The number of anilines is 1. The summed E-state index contributed by atoms with van der Waals surface area (Å²) >= 11 is 0. The van der Waals surface area contributed by atoms with Crippen molar-refractivity contribution in [1.82, 2.24) is 4.98 Å². The van der Waals surface area contributed by atoms with Crippen LogP contribution < -0.4 is 9.46 Å². The summed E-state index contributed by atoms with van der Waals surface area (Å²) in [5, 5.41) is 0. The minimum atomic E-state index is -3.72. The van der Waals surface area contributed by atoms with Gasteiger partial charge >= 0.3 is 0 Å². The number of sulfonamides is 1. The van der Waals surface area contributed by atoms with Crippen LogP contribution in [0.4, 0.5) is 5.69 Å². The van der Waals surface area contributed by atoms with E-state index in [4.69, 9.17) is 9.15 Å². The second kappa shape index (κ2) is 8.42. The third-order valence-electron chi connectivity index (χ3n) is 4.39. The summed E-state index contributed by atoms with van der Waals surface area (Å²) < 4.78 is 39.1. The van der Waals surface area contributed by atoms with Crippen LogP contribution in [0.3, 0.4) is 0 Å². The van der Waals surface area contributed by atoms with E-state index in [1.807, 2.05) is 37.3 Å². The average Bonchev–Trinajstić information content (AvgIpc) is 3.26. The number of ether oxygens (including phenoxy) is 1. The zero-order valence-electron chi connectivity index (χ0n) is 16.3. The van der Waals surface area contributed by atoms with E-state index in [0.717, 1.165) is 5.56 Å². The molecule has 0 aliphatic heterocycles. The highest BCUT2D eigenvalue weighted by Gasteiger charge is 2.15. The van der Waals surface area contributed by atoms with Crippen LogP contribution in [-0.2, 0) is 10.0 Å². The van der Waals surface area contributed by atoms with Crippen LogP contribution in [-0.4, -0.2) is 20.0 Å². The molecule has 1 N–H and O–H groups in total. The van der Waals surface area contributed by atoms with E-state index in [1.54, 1.807) is 42.6 Å². The van der Waals surface area contributed by atoms with Gasteiger partial charge in [0.1, 0.15) is 5.75 Å². The molecular formula is C23H20N2O4S. The third kappa shape index (κ3) is 4.36. The van der Waals surface area contributed by atoms with Crippen LogP contribution in [0.25, 0.3) is 22.8 Å². The summed E-state index contributed by atoms with van der Waals surface area (Å²) in [7, 11) is -3.72. The van der Waals surface area contributed by atoms with Gasteiger partial charge in [0, 0.05) is 16.8 Å². The first-order valence-electron chi connectivity index (χ1n) is 9.42. The van der Waals surface area contributed by atoms with Crippen LogP contribution in [0.1, 0.15) is 6.92 Å². The lowest BCUT2D eigenvalue weighted by atomic mass is 10.2. The molecule has 0 radical (unpaired) electrons. The zero-order valence-corrected chi connectivity index (χ0v) is 17.1. The molecule has 0 saturated carbocycles. The number of oxazole rings is 1. The Hall–Kier alpha value is -3.58. The number of benzene rings is 3. The highest BCUT2D eigenvalue weighted by molar-refractivity contribution is 7.92. The largest absolute Gasteiger partial charge is 0.494 e. The van der Waals surface area contributed by atoms with Gasteiger partial charge in [0.2, 0.25) is 5.89 Å². The smallest absolute Gasteiger partial charge is 0.261 e. The fraction of sp³-hybridized carbons (Fsp3) is 0.0870. The van der Waals surface area contributed by atoms with Crippen LogP contribution in [0.5, 0.6) is 5.75 Å². The molecular weight excluding hydrogens is 400 g/mol. The summed E-state index contributed by atoms with van der Waals surface area (Å²) in [4.78, 5) is 4.45. The Balaban J connectivity index is 1.50.